The lowest BCUT2D eigenvalue weighted by Gasteiger charge is -2.18. The molecule has 0 aromatic rings. The number of carbonyl (C=O) groups excluding carboxylic acids is 1. The summed E-state index contributed by atoms with van der Waals surface area (Å²) in [5.74, 6) is -0.250. The maximum atomic E-state index is 11.1. The molecule has 0 saturated heterocycles. The van der Waals surface area contributed by atoms with Gasteiger partial charge in [0.25, 0.3) is 0 Å². The van der Waals surface area contributed by atoms with E-state index in [9.17, 15) is 15.0 Å². The third-order valence-electron chi connectivity index (χ3n) is 8.22. The Balaban J connectivity index is 3.26. The molecule has 0 fully saturated rings. The second-order valence-electron chi connectivity index (χ2n) is 12.4. The SMILES string of the molecule is CCCCCCCCCCCCCCCCCCCCCCCCCC/C=C/CC/C=C/C(O)C(CO)NC(C)=O. The molecule has 1 amide bonds. The molecule has 0 heterocycles. The maximum Gasteiger partial charge on any atom is 0.217 e. The Morgan fingerprint density at radius 3 is 1.27 bits per heavy atom. The van der Waals surface area contributed by atoms with E-state index < -0.39 is 12.1 Å². The summed E-state index contributed by atoms with van der Waals surface area (Å²) in [6, 6.07) is -0.636. The van der Waals surface area contributed by atoms with Gasteiger partial charge in [0.05, 0.1) is 18.8 Å². The zero-order valence-electron chi connectivity index (χ0n) is 27.6. The van der Waals surface area contributed by atoms with E-state index in [-0.39, 0.29) is 12.5 Å². The van der Waals surface area contributed by atoms with Crippen LogP contribution in [-0.2, 0) is 4.79 Å². The van der Waals surface area contributed by atoms with Crippen LogP contribution in [0.2, 0.25) is 0 Å². The minimum absolute atomic E-state index is 0.250. The van der Waals surface area contributed by atoms with Crippen LogP contribution >= 0.6 is 0 Å². The molecule has 2 unspecified atom stereocenters. The van der Waals surface area contributed by atoms with Gasteiger partial charge in [0, 0.05) is 6.92 Å². The quantitative estimate of drug-likeness (QED) is 0.0550. The lowest BCUT2D eigenvalue weighted by atomic mass is 10.0. The van der Waals surface area contributed by atoms with Gasteiger partial charge in [0.2, 0.25) is 5.91 Å². The smallest absolute Gasteiger partial charge is 0.217 e. The van der Waals surface area contributed by atoms with Crippen LogP contribution in [0.5, 0.6) is 0 Å². The van der Waals surface area contributed by atoms with Gasteiger partial charge in [-0.15, -0.1) is 0 Å². The van der Waals surface area contributed by atoms with Crippen molar-refractivity contribution in [1.29, 1.82) is 0 Å². The first-order chi connectivity index (χ1) is 20.1. The molecule has 0 rings (SSSR count). The van der Waals surface area contributed by atoms with E-state index in [0.29, 0.717) is 0 Å². The van der Waals surface area contributed by atoms with Crippen LogP contribution in [-0.4, -0.2) is 34.9 Å². The normalized spacial score (nSPS) is 13.4. The van der Waals surface area contributed by atoms with Crippen LogP contribution < -0.4 is 5.32 Å². The Labute approximate surface area is 256 Å². The molecule has 0 aromatic heterocycles. The third-order valence-corrected chi connectivity index (χ3v) is 8.22. The molecule has 4 nitrogen and oxygen atoms in total. The van der Waals surface area contributed by atoms with Gasteiger partial charge in [-0.2, -0.15) is 0 Å². The second kappa shape index (κ2) is 33.4. The number of amides is 1. The van der Waals surface area contributed by atoms with Crippen molar-refractivity contribution in [2.45, 2.75) is 199 Å². The Kier molecular flexibility index (Phi) is 32.5. The van der Waals surface area contributed by atoms with Gasteiger partial charge >= 0.3 is 0 Å². The van der Waals surface area contributed by atoms with Crippen molar-refractivity contribution in [2.24, 2.45) is 0 Å². The largest absolute Gasteiger partial charge is 0.394 e. The fourth-order valence-corrected chi connectivity index (χ4v) is 5.52. The van der Waals surface area contributed by atoms with Crippen LogP contribution in [0.15, 0.2) is 24.3 Å². The lowest BCUT2D eigenvalue weighted by molar-refractivity contribution is -0.120. The summed E-state index contributed by atoms with van der Waals surface area (Å²) in [5, 5.41) is 21.8. The average molecular weight is 578 g/mol. The Morgan fingerprint density at radius 1 is 0.561 bits per heavy atom. The number of aliphatic hydroxyl groups is 2. The molecule has 0 aliphatic heterocycles. The van der Waals surface area contributed by atoms with Crippen molar-refractivity contribution in [1.82, 2.24) is 5.32 Å². The van der Waals surface area contributed by atoms with Crippen molar-refractivity contribution < 1.29 is 15.0 Å². The number of hydrogen-bond acceptors (Lipinski definition) is 3. The van der Waals surface area contributed by atoms with E-state index in [1.165, 1.54) is 161 Å². The molecule has 0 aliphatic rings. The van der Waals surface area contributed by atoms with E-state index in [1.54, 1.807) is 6.08 Å². The van der Waals surface area contributed by atoms with Crippen LogP contribution in [0, 0.1) is 0 Å². The first-order valence-electron chi connectivity index (χ1n) is 18.0. The zero-order chi connectivity index (χ0) is 30.1. The number of carbonyl (C=O) groups is 1. The summed E-state index contributed by atoms with van der Waals surface area (Å²) in [6.45, 7) is 3.40. The summed E-state index contributed by atoms with van der Waals surface area (Å²) in [6.07, 6.45) is 44.5. The highest BCUT2D eigenvalue weighted by atomic mass is 16.3. The Morgan fingerprint density at radius 2 is 0.902 bits per heavy atom. The number of unbranched alkanes of at least 4 members (excludes halogenated alkanes) is 25. The number of rotatable bonds is 32. The fourth-order valence-electron chi connectivity index (χ4n) is 5.52. The Hall–Kier alpha value is -1.13. The van der Waals surface area contributed by atoms with Gasteiger partial charge in [-0.1, -0.05) is 179 Å². The van der Waals surface area contributed by atoms with Crippen molar-refractivity contribution in [3.63, 3.8) is 0 Å². The van der Waals surface area contributed by atoms with Crippen LogP contribution in [0.4, 0.5) is 0 Å². The highest BCUT2D eigenvalue weighted by Gasteiger charge is 2.15. The monoisotopic (exact) mass is 578 g/mol. The second-order valence-corrected chi connectivity index (χ2v) is 12.4. The summed E-state index contributed by atoms with van der Waals surface area (Å²) >= 11 is 0. The highest BCUT2D eigenvalue weighted by Crippen LogP contribution is 2.16. The van der Waals surface area contributed by atoms with E-state index in [0.717, 1.165) is 19.3 Å². The van der Waals surface area contributed by atoms with Gasteiger partial charge < -0.3 is 15.5 Å². The van der Waals surface area contributed by atoms with Crippen molar-refractivity contribution >= 4 is 5.91 Å². The van der Waals surface area contributed by atoms with Gasteiger partial charge in [0.1, 0.15) is 0 Å². The fraction of sp³-hybridized carbons (Fsp3) is 0.865. The van der Waals surface area contributed by atoms with E-state index in [2.05, 4.69) is 24.4 Å². The molecule has 0 saturated carbocycles. The molecule has 0 aliphatic carbocycles. The zero-order valence-corrected chi connectivity index (χ0v) is 27.6. The predicted molar refractivity (Wildman–Crippen MR) is 179 cm³/mol. The number of aliphatic hydroxyl groups excluding tert-OH is 2. The first-order valence-corrected chi connectivity index (χ1v) is 18.0. The van der Waals surface area contributed by atoms with E-state index in [1.807, 2.05) is 6.08 Å². The number of allylic oxidation sites excluding steroid dienone is 3. The molecule has 0 radical (unpaired) electrons. The molecule has 41 heavy (non-hydrogen) atoms. The minimum Gasteiger partial charge on any atom is -0.394 e. The van der Waals surface area contributed by atoms with Crippen LogP contribution in [0.25, 0.3) is 0 Å². The van der Waals surface area contributed by atoms with Gasteiger partial charge in [-0.3, -0.25) is 4.79 Å². The van der Waals surface area contributed by atoms with Crippen LogP contribution in [0.1, 0.15) is 187 Å². The molecule has 242 valence electrons. The molecular weight excluding hydrogens is 506 g/mol. The molecule has 2 atom stereocenters. The van der Waals surface area contributed by atoms with E-state index >= 15 is 0 Å². The molecule has 3 N–H and O–H groups in total. The Bertz CT molecular complexity index is 589. The van der Waals surface area contributed by atoms with Gasteiger partial charge in [-0.25, -0.2) is 0 Å². The van der Waals surface area contributed by atoms with Gasteiger partial charge in [-0.05, 0) is 25.7 Å². The third kappa shape index (κ3) is 31.6. The summed E-state index contributed by atoms with van der Waals surface area (Å²) < 4.78 is 0. The minimum atomic E-state index is -0.855. The standard InChI is InChI=1S/C37H71NO3/c1-3-4-5-6-7-8-9-10-11-12-13-14-15-16-17-18-19-20-21-22-23-24-25-26-27-28-29-30-31-32-33-37(41)36(34-39)38-35(2)40/h28-29,32-33,36-37,39,41H,3-27,30-31,34H2,1-2H3,(H,38,40)/b29-28+,33-32+. The summed E-state index contributed by atoms with van der Waals surface area (Å²) in [4.78, 5) is 11.1. The first kappa shape index (κ1) is 39.9. The van der Waals surface area contributed by atoms with Crippen molar-refractivity contribution in [2.75, 3.05) is 6.61 Å². The van der Waals surface area contributed by atoms with Crippen LogP contribution in [0.3, 0.4) is 0 Å². The van der Waals surface area contributed by atoms with Gasteiger partial charge in [0.15, 0.2) is 0 Å². The number of nitrogens with one attached hydrogen (secondary N) is 1. The molecule has 0 bridgehead atoms. The molecular formula is C37H71NO3. The van der Waals surface area contributed by atoms with E-state index in [4.69, 9.17) is 0 Å². The summed E-state index contributed by atoms with van der Waals surface area (Å²) in [7, 11) is 0. The maximum absolute atomic E-state index is 11.1. The lowest BCUT2D eigenvalue weighted by Crippen LogP contribution is -2.44. The molecule has 0 aromatic carbocycles. The highest BCUT2D eigenvalue weighted by molar-refractivity contribution is 5.73. The topological polar surface area (TPSA) is 69.6 Å². The van der Waals surface area contributed by atoms with Crippen molar-refractivity contribution in [3.05, 3.63) is 24.3 Å². The van der Waals surface area contributed by atoms with Crippen molar-refractivity contribution in [3.8, 4) is 0 Å². The molecule has 0 spiro atoms. The predicted octanol–water partition coefficient (Wildman–Crippen LogP) is 10.5. The molecule has 4 heteroatoms. The summed E-state index contributed by atoms with van der Waals surface area (Å²) in [5.41, 5.74) is 0. The average Bonchev–Trinajstić information content (AvgIpc) is 2.96. The number of hydrogen-bond donors (Lipinski definition) is 3.